The highest BCUT2D eigenvalue weighted by atomic mass is 19.1. The van der Waals surface area contributed by atoms with Crippen molar-refractivity contribution in [1.29, 1.82) is 5.26 Å². The van der Waals surface area contributed by atoms with E-state index in [1.54, 1.807) is 18.2 Å². The number of hydrogen-bond donors (Lipinski definition) is 1. The van der Waals surface area contributed by atoms with Crippen LogP contribution in [0.2, 0.25) is 0 Å². The summed E-state index contributed by atoms with van der Waals surface area (Å²) in [6, 6.07) is 9.34. The zero-order valence-electron chi connectivity index (χ0n) is 12.5. The Kier molecular flexibility index (Phi) is 5.68. The van der Waals surface area contributed by atoms with Crippen LogP contribution in [0.15, 0.2) is 42.6 Å². The number of carbonyl (C=O) groups excluding carboxylic acids is 2. The Balaban J connectivity index is 2.00. The first kappa shape index (κ1) is 17.2. The number of carbonyl (C=O) groups is 2. The fourth-order valence-electron chi connectivity index (χ4n) is 2.05. The van der Waals surface area contributed by atoms with Gasteiger partial charge in [0.25, 0.3) is 5.91 Å². The molecule has 0 aliphatic carbocycles. The van der Waals surface area contributed by atoms with Gasteiger partial charge in [0.2, 0.25) is 0 Å². The van der Waals surface area contributed by atoms with E-state index in [0.29, 0.717) is 0 Å². The topological polar surface area (TPSA) is 82.8 Å². The molecule has 1 amide bonds. The summed E-state index contributed by atoms with van der Waals surface area (Å²) in [4.78, 5) is 27.9. The summed E-state index contributed by atoms with van der Waals surface area (Å²) in [5, 5.41) is 11.4. The van der Waals surface area contributed by atoms with E-state index >= 15 is 0 Å². The number of pyridine rings is 1. The highest BCUT2D eigenvalue weighted by molar-refractivity contribution is 6.09. The number of ketones is 1. The lowest BCUT2D eigenvalue weighted by atomic mass is 9.98. The molecule has 0 aliphatic heterocycles. The Bertz CT molecular complexity index is 788. The summed E-state index contributed by atoms with van der Waals surface area (Å²) in [6.07, 6.45) is 1.09. The van der Waals surface area contributed by atoms with E-state index < -0.39 is 29.2 Å². The minimum absolute atomic E-state index is 0.0187. The number of nitrogens with one attached hydrogen (secondary N) is 1. The van der Waals surface area contributed by atoms with Crippen LogP contribution in [0.1, 0.15) is 12.0 Å². The monoisotopic (exact) mass is 329 g/mol. The van der Waals surface area contributed by atoms with Gasteiger partial charge in [-0.2, -0.15) is 5.26 Å². The second-order valence-corrected chi connectivity index (χ2v) is 4.97. The third-order valence-corrected chi connectivity index (χ3v) is 3.28. The number of anilines is 1. The van der Waals surface area contributed by atoms with E-state index in [9.17, 15) is 18.4 Å². The average Bonchev–Trinajstić information content (AvgIpc) is 2.57. The van der Waals surface area contributed by atoms with Crippen molar-refractivity contribution in [3.63, 3.8) is 0 Å². The van der Waals surface area contributed by atoms with Gasteiger partial charge in [-0.25, -0.2) is 13.8 Å². The molecule has 0 saturated heterocycles. The van der Waals surface area contributed by atoms with E-state index in [4.69, 9.17) is 5.26 Å². The maximum atomic E-state index is 13.5. The van der Waals surface area contributed by atoms with Crippen LogP contribution >= 0.6 is 0 Å². The molecule has 2 aromatic rings. The molecule has 1 heterocycles. The molecule has 0 fully saturated rings. The lowest BCUT2D eigenvalue weighted by molar-refractivity contribution is -0.128. The van der Waals surface area contributed by atoms with Crippen molar-refractivity contribution in [2.75, 3.05) is 5.32 Å². The normalized spacial score (nSPS) is 11.4. The van der Waals surface area contributed by atoms with E-state index in [-0.39, 0.29) is 24.2 Å². The van der Waals surface area contributed by atoms with Gasteiger partial charge >= 0.3 is 0 Å². The predicted octanol–water partition coefficient (Wildman–Crippen LogP) is 2.64. The van der Waals surface area contributed by atoms with Gasteiger partial charge in [-0.05, 0) is 42.3 Å². The molecule has 24 heavy (non-hydrogen) atoms. The number of Topliss-reactive ketones (excluding diaryl/α,β-unsaturated/α-hetero) is 1. The fraction of sp³-hybridized carbons (Fsp3) is 0.176. The molecule has 0 spiro atoms. The van der Waals surface area contributed by atoms with Crippen LogP contribution in [0.4, 0.5) is 14.6 Å². The Labute approximate surface area is 136 Å². The third-order valence-electron chi connectivity index (χ3n) is 3.28. The first-order valence-electron chi connectivity index (χ1n) is 7.09. The first-order chi connectivity index (χ1) is 11.5. The Morgan fingerprint density at radius 2 is 2.04 bits per heavy atom. The lowest BCUT2D eigenvalue weighted by Gasteiger charge is -2.09. The van der Waals surface area contributed by atoms with Crippen LogP contribution in [-0.2, 0) is 16.0 Å². The third kappa shape index (κ3) is 4.43. The van der Waals surface area contributed by atoms with Gasteiger partial charge < -0.3 is 5.32 Å². The molecule has 0 radical (unpaired) electrons. The molecule has 1 atom stereocenters. The molecule has 1 N–H and O–H groups in total. The fourth-order valence-corrected chi connectivity index (χ4v) is 2.05. The summed E-state index contributed by atoms with van der Waals surface area (Å²) in [7, 11) is 0. The summed E-state index contributed by atoms with van der Waals surface area (Å²) in [5.74, 6) is -4.06. The van der Waals surface area contributed by atoms with Crippen molar-refractivity contribution in [1.82, 2.24) is 4.98 Å². The Morgan fingerprint density at radius 1 is 1.25 bits per heavy atom. The summed E-state index contributed by atoms with van der Waals surface area (Å²) in [5.41, 5.74) is 0.0187. The van der Waals surface area contributed by atoms with Crippen LogP contribution in [0.3, 0.4) is 0 Å². The predicted molar refractivity (Wildman–Crippen MR) is 81.7 cm³/mol. The van der Waals surface area contributed by atoms with Gasteiger partial charge in [-0.15, -0.1) is 0 Å². The lowest BCUT2D eigenvalue weighted by Crippen LogP contribution is -2.29. The maximum Gasteiger partial charge on any atom is 0.250 e. The van der Waals surface area contributed by atoms with E-state index in [1.165, 1.54) is 12.3 Å². The van der Waals surface area contributed by atoms with Crippen molar-refractivity contribution in [2.24, 2.45) is 5.92 Å². The Hall–Kier alpha value is -3.14. The molecule has 2 rings (SSSR count). The van der Waals surface area contributed by atoms with Gasteiger partial charge in [0.15, 0.2) is 11.7 Å². The molecular formula is C17H13F2N3O2. The molecule has 0 aliphatic rings. The zero-order valence-corrected chi connectivity index (χ0v) is 12.5. The average molecular weight is 329 g/mol. The highest BCUT2D eigenvalue weighted by Gasteiger charge is 2.26. The summed E-state index contributed by atoms with van der Waals surface area (Å²) in [6.45, 7) is 0. The number of benzene rings is 1. The number of aryl methyl sites for hydroxylation is 1. The van der Waals surface area contributed by atoms with Crippen LogP contribution in [0.5, 0.6) is 0 Å². The minimum Gasteiger partial charge on any atom is -0.309 e. The second-order valence-electron chi connectivity index (χ2n) is 4.97. The van der Waals surface area contributed by atoms with Crippen molar-refractivity contribution in [3.05, 3.63) is 59.8 Å². The van der Waals surface area contributed by atoms with Crippen molar-refractivity contribution >= 4 is 17.5 Å². The first-order valence-corrected chi connectivity index (χ1v) is 7.09. The van der Waals surface area contributed by atoms with Crippen molar-refractivity contribution < 1.29 is 18.4 Å². The number of nitrogens with zero attached hydrogens (tertiary/aromatic N) is 2. The smallest absolute Gasteiger partial charge is 0.250 e. The number of hydrogen-bond acceptors (Lipinski definition) is 4. The Morgan fingerprint density at radius 3 is 2.71 bits per heavy atom. The molecule has 5 nitrogen and oxygen atoms in total. The molecule has 1 aromatic heterocycles. The van der Waals surface area contributed by atoms with Crippen LogP contribution in [-0.4, -0.2) is 16.7 Å². The SMILES string of the molecule is N#C[C@H](C(=O)CCc1cc(F)ccc1F)C(=O)Nc1ccccn1. The molecular weight excluding hydrogens is 316 g/mol. The number of amides is 1. The molecule has 7 heteroatoms. The molecule has 0 saturated carbocycles. The molecule has 122 valence electrons. The van der Waals surface area contributed by atoms with E-state index in [2.05, 4.69) is 10.3 Å². The van der Waals surface area contributed by atoms with Gasteiger partial charge in [-0.1, -0.05) is 6.07 Å². The largest absolute Gasteiger partial charge is 0.309 e. The molecule has 0 unspecified atom stereocenters. The highest BCUT2D eigenvalue weighted by Crippen LogP contribution is 2.14. The number of nitriles is 1. The van der Waals surface area contributed by atoms with Crippen molar-refractivity contribution in [2.45, 2.75) is 12.8 Å². The number of rotatable bonds is 6. The summed E-state index contributed by atoms with van der Waals surface area (Å²) >= 11 is 0. The quantitative estimate of drug-likeness (QED) is 0.826. The zero-order chi connectivity index (χ0) is 17.5. The van der Waals surface area contributed by atoms with Gasteiger partial charge in [0, 0.05) is 12.6 Å². The van der Waals surface area contributed by atoms with Crippen LogP contribution in [0, 0.1) is 28.9 Å². The maximum absolute atomic E-state index is 13.5. The number of halogens is 2. The summed E-state index contributed by atoms with van der Waals surface area (Å²) < 4.78 is 26.6. The van der Waals surface area contributed by atoms with Crippen LogP contribution in [0.25, 0.3) is 0 Å². The van der Waals surface area contributed by atoms with Crippen molar-refractivity contribution in [3.8, 4) is 6.07 Å². The minimum atomic E-state index is -1.54. The molecule has 0 bridgehead atoms. The van der Waals surface area contributed by atoms with Gasteiger partial charge in [0.1, 0.15) is 17.5 Å². The molecule has 1 aromatic carbocycles. The second kappa shape index (κ2) is 7.92. The number of aromatic nitrogens is 1. The standard InChI is InChI=1S/C17H13F2N3O2/c18-12-5-6-14(19)11(9-12)4-7-15(23)13(10-20)17(24)22-16-3-1-2-8-21-16/h1-3,5-6,8-9,13H,4,7H2,(H,21,22,24)/t13-/m1/s1. The van der Waals surface area contributed by atoms with Gasteiger partial charge in [-0.3, -0.25) is 9.59 Å². The van der Waals surface area contributed by atoms with E-state index in [1.807, 2.05) is 0 Å². The van der Waals surface area contributed by atoms with E-state index in [0.717, 1.165) is 18.2 Å². The van der Waals surface area contributed by atoms with Gasteiger partial charge in [0.05, 0.1) is 6.07 Å². The van der Waals surface area contributed by atoms with Crippen LogP contribution < -0.4 is 5.32 Å².